The number of hydrogen-bond donors (Lipinski definition) is 1. The van der Waals surface area contributed by atoms with Crippen molar-refractivity contribution in [3.63, 3.8) is 0 Å². The summed E-state index contributed by atoms with van der Waals surface area (Å²) < 4.78 is 5.53. The van der Waals surface area contributed by atoms with Crippen LogP contribution in [-0.4, -0.2) is 11.2 Å². The molecule has 0 aliphatic heterocycles. The SMILES string of the molecule is Cc1cc2c(N/N=C/c3cccs3)nccc2o1. The van der Waals surface area contributed by atoms with Crippen LogP contribution in [-0.2, 0) is 0 Å². The van der Waals surface area contributed by atoms with Gasteiger partial charge in [-0.3, -0.25) is 5.43 Å². The maximum absolute atomic E-state index is 5.53. The Morgan fingerprint density at radius 2 is 2.39 bits per heavy atom. The highest BCUT2D eigenvalue weighted by atomic mass is 32.1. The van der Waals surface area contributed by atoms with E-state index in [0.29, 0.717) is 5.82 Å². The van der Waals surface area contributed by atoms with Gasteiger partial charge in [-0.05, 0) is 30.5 Å². The highest BCUT2D eigenvalue weighted by molar-refractivity contribution is 7.11. The van der Waals surface area contributed by atoms with Crippen LogP contribution in [0, 0.1) is 6.92 Å². The lowest BCUT2D eigenvalue weighted by molar-refractivity contribution is 0.578. The predicted molar refractivity (Wildman–Crippen MR) is 74.3 cm³/mol. The number of nitrogens with one attached hydrogen (secondary N) is 1. The molecule has 0 bridgehead atoms. The van der Waals surface area contributed by atoms with Gasteiger partial charge in [-0.25, -0.2) is 4.98 Å². The highest BCUT2D eigenvalue weighted by Gasteiger charge is 2.05. The zero-order valence-electron chi connectivity index (χ0n) is 9.75. The Bertz CT molecular complexity index is 685. The fraction of sp³-hybridized carbons (Fsp3) is 0.0769. The van der Waals surface area contributed by atoms with Crippen molar-refractivity contribution in [1.29, 1.82) is 0 Å². The van der Waals surface area contributed by atoms with E-state index >= 15 is 0 Å². The number of aryl methyl sites for hydroxylation is 1. The Morgan fingerprint density at radius 1 is 1.44 bits per heavy atom. The topological polar surface area (TPSA) is 50.4 Å². The van der Waals surface area contributed by atoms with Crippen molar-refractivity contribution in [1.82, 2.24) is 4.98 Å². The fourth-order valence-electron chi connectivity index (χ4n) is 1.70. The Kier molecular flexibility index (Phi) is 2.82. The Morgan fingerprint density at radius 3 is 3.22 bits per heavy atom. The Balaban J connectivity index is 1.86. The molecule has 0 spiro atoms. The summed E-state index contributed by atoms with van der Waals surface area (Å²) in [6, 6.07) is 7.79. The number of thiophene rings is 1. The second kappa shape index (κ2) is 4.62. The van der Waals surface area contributed by atoms with Crippen LogP contribution >= 0.6 is 11.3 Å². The van der Waals surface area contributed by atoms with Gasteiger partial charge in [0.15, 0.2) is 5.82 Å². The number of pyridine rings is 1. The minimum absolute atomic E-state index is 0.706. The lowest BCUT2D eigenvalue weighted by Gasteiger charge is -1.98. The molecule has 3 rings (SSSR count). The summed E-state index contributed by atoms with van der Waals surface area (Å²) in [7, 11) is 0. The molecule has 0 saturated carbocycles. The molecule has 0 aliphatic carbocycles. The van der Waals surface area contributed by atoms with Crippen molar-refractivity contribution < 1.29 is 4.42 Å². The number of nitrogens with zero attached hydrogens (tertiary/aromatic N) is 2. The zero-order valence-corrected chi connectivity index (χ0v) is 10.6. The van der Waals surface area contributed by atoms with Crippen molar-refractivity contribution in [3.05, 3.63) is 46.5 Å². The summed E-state index contributed by atoms with van der Waals surface area (Å²) in [5, 5.41) is 7.13. The normalized spacial score (nSPS) is 11.4. The third-order valence-corrected chi connectivity index (χ3v) is 3.28. The first kappa shape index (κ1) is 11.0. The zero-order chi connectivity index (χ0) is 12.4. The molecule has 0 saturated heterocycles. The number of aromatic nitrogens is 1. The standard InChI is InChI=1S/C13H11N3OS/c1-9-7-11-12(17-9)4-5-14-13(11)16-15-8-10-3-2-6-18-10/h2-8H,1H3,(H,14,16)/b15-8+. The molecule has 18 heavy (non-hydrogen) atoms. The number of furan rings is 1. The molecular weight excluding hydrogens is 246 g/mol. The van der Waals surface area contributed by atoms with E-state index in [0.717, 1.165) is 21.6 Å². The molecule has 0 fully saturated rings. The van der Waals surface area contributed by atoms with Gasteiger partial charge in [0.25, 0.3) is 0 Å². The molecule has 0 aliphatic rings. The van der Waals surface area contributed by atoms with Gasteiger partial charge in [-0.15, -0.1) is 11.3 Å². The van der Waals surface area contributed by atoms with Crippen molar-refractivity contribution in [2.24, 2.45) is 5.10 Å². The van der Waals surface area contributed by atoms with Gasteiger partial charge in [0.1, 0.15) is 11.3 Å². The minimum Gasteiger partial charge on any atom is -0.461 e. The molecule has 0 amide bonds. The van der Waals surface area contributed by atoms with Crippen LogP contribution in [0.2, 0.25) is 0 Å². The third-order valence-electron chi connectivity index (χ3n) is 2.47. The van der Waals surface area contributed by atoms with Gasteiger partial charge in [0, 0.05) is 11.1 Å². The Hall–Kier alpha value is -2.14. The summed E-state index contributed by atoms with van der Waals surface area (Å²) in [5.41, 5.74) is 3.76. The highest BCUT2D eigenvalue weighted by Crippen LogP contribution is 2.24. The van der Waals surface area contributed by atoms with Gasteiger partial charge >= 0.3 is 0 Å². The molecule has 0 aromatic carbocycles. The van der Waals surface area contributed by atoms with Crippen molar-refractivity contribution >= 4 is 34.3 Å². The largest absolute Gasteiger partial charge is 0.461 e. The van der Waals surface area contributed by atoms with E-state index in [9.17, 15) is 0 Å². The molecule has 1 N–H and O–H groups in total. The first-order valence-electron chi connectivity index (χ1n) is 5.51. The minimum atomic E-state index is 0.706. The molecular formula is C13H11N3OS. The van der Waals surface area contributed by atoms with Crippen LogP contribution in [0.15, 0.2) is 45.4 Å². The molecule has 0 unspecified atom stereocenters. The van der Waals surface area contributed by atoms with Crippen LogP contribution in [0.3, 0.4) is 0 Å². The monoisotopic (exact) mass is 257 g/mol. The first-order valence-corrected chi connectivity index (χ1v) is 6.38. The summed E-state index contributed by atoms with van der Waals surface area (Å²) in [6.07, 6.45) is 3.48. The quantitative estimate of drug-likeness (QED) is 0.575. The molecule has 4 nitrogen and oxygen atoms in total. The van der Waals surface area contributed by atoms with E-state index in [1.807, 2.05) is 36.6 Å². The van der Waals surface area contributed by atoms with Crippen molar-refractivity contribution in [3.8, 4) is 0 Å². The second-order valence-electron chi connectivity index (χ2n) is 3.81. The van der Waals surface area contributed by atoms with E-state index in [1.54, 1.807) is 23.7 Å². The van der Waals surface area contributed by atoms with Gasteiger partial charge in [0.2, 0.25) is 0 Å². The van der Waals surface area contributed by atoms with Gasteiger partial charge in [-0.1, -0.05) is 6.07 Å². The van der Waals surface area contributed by atoms with Gasteiger partial charge < -0.3 is 4.42 Å². The molecule has 3 aromatic heterocycles. The Labute approximate surface area is 108 Å². The van der Waals surface area contributed by atoms with Crippen molar-refractivity contribution in [2.75, 3.05) is 5.43 Å². The fourth-order valence-corrected chi connectivity index (χ4v) is 2.29. The summed E-state index contributed by atoms with van der Waals surface area (Å²) in [6.45, 7) is 1.92. The third kappa shape index (κ3) is 2.12. The van der Waals surface area contributed by atoms with Crippen LogP contribution in [0.1, 0.15) is 10.6 Å². The van der Waals surface area contributed by atoms with Crippen LogP contribution in [0.4, 0.5) is 5.82 Å². The molecule has 5 heteroatoms. The van der Waals surface area contributed by atoms with Crippen LogP contribution < -0.4 is 5.43 Å². The first-order chi connectivity index (χ1) is 8.83. The van der Waals surface area contributed by atoms with Crippen LogP contribution in [0.5, 0.6) is 0 Å². The number of hydrazone groups is 1. The number of rotatable bonds is 3. The van der Waals surface area contributed by atoms with Gasteiger partial charge in [-0.2, -0.15) is 5.10 Å². The lowest BCUT2D eigenvalue weighted by atomic mass is 10.3. The maximum Gasteiger partial charge on any atom is 0.157 e. The molecule has 3 heterocycles. The van der Waals surface area contributed by atoms with Crippen molar-refractivity contribution in [2.45, 2.75) is 6.92 Å². The van der Waals surface area contributed by atoms with E-state index in [-0.39, 0.29) is 0 Å². The average molecular weight is 257 g/mol. The van der Waals surface area contributed by atoms with Crippen LogP contribution in [0.25, 0.3) is 11.0 Å². The number of hydrogen-bond acceptors (Lipinski definition) is 5. The lowest BCUT2D eigenvalue weighted by Crippen LogP contribution is -1.92. The summed E-state index contributed by atoms with van der Waals surface area (Å²) >= 11 is 1.64. The van der Waals surface area contributed by atoms with E-state index in [4.69, 9.17) is 4.42 Å². The van der Waals surface area contributed by atoms with Gasteiger partial charge in [0.05, 0.1) is 11.6 Å². The summed E-state index contributed by atoms with van der Waals surface area (Å²) in [4.78, 5) is 5.35. The van der Waals surface area contributed by atoms with E-state index in [2.05, 4.69) is 15.5 Å². The average Bonchev–Trinajstić information content (AvgIpc) is 2.97. The number of fused-ring (bicyclic) bond motifs is 1. The molecule has 0 radical (unpaired) electrons. The predicted octanol–water partition coefficient (Wildman–Crippen LogP) is 3.64. The second-order valence-corrected chi connectivity index (χ2v) is 4.79. The maximum atomic E-state index is 5.53. The summed E-state index contributed by atoms with van der Waals surface area (Å²) in [5.74, 6) is 1.57. The van der Waals surface area contributed by atoms with E-state index < -0.39 is 0 Å². The number of anilines is 1. The smallest absolute Gasteiger partial charge is 0.157 e. The molecule has 90 valence electrons. The molecule has 0 atom stereocenters. The molecule has 3 aromatic rings. The van der Waals surface area contributed by atoms with E-state index in [1.165, 1.54) is 0 Å².